The molecule has 3 aromatic carbocycles. The Bertz CT molecular complexity index is 1210. The smallest absolute Gasteiger partial charge is 0.225 e. The summed E-state index contributed by atoms with van der Waals surface area (Å²) in [6.07, 6.45) is 0. The van der Waals surface area contributed by atoms with Crippen molar-refractivity contribution in [1.82, 2.24) is 4.98 Å². The summed E-state index contributed by atoms with van der Waals surface area (Å²) in [5.41, 5.74) is 3.19. The summed E-state index contributed by atoms with van der Waals surface area (Å²) >= 11 is 0. The fourth-order valence-corrected chi connectivity index (χ4v) is 3.06. The molecule has 1 aromatic heterocycles. The maximum Gasteiger partial charge on any atom is 0.225 e. The summed E-state index contributed by atoms with van der Waals surface area (Å²) in [4.78, 5) is 4.52. The summed E-state index contributed by atoms with van der Waals surface area (Å²) in [5, 5.41) is 8.99. The molecule has 0 N–H and O–H groups in total. The van der Waals surface area contributed by atoms with Crippen molar-refractivity contribution < 1.29 is 13.9 Å². The van der Waals surface area contributed by atoms with Gasteiger partial charge in [0.15, 0.2) is 0 Å². The number of hydrogen-bond donors (Lipinski definition) is 0. The van der Waals surface area contributed by atoms with Crippen molar-refractivity contribution in [1.29, 1.82) is 5.26 Å². The lowest BCUT2D eigenvalue weighted by molar-refractivity contribution is 0.268. The topological polar surface area (TPSA) is 55.1 Å². The van der Waals surface area contributed by atoms with Crippen LogP contribution in [0, 0.1) is 17.1 Å². The van der Waals surface area contributed by atoms with Crippen LogP contribution in [0.5, 0.6) is 11.8 Å². The summed E-state index contributed by atoms with van der Waals surface area (Å²) < 4.78 is 26.0. The van der Waals surface area contributed by atoms with Crippen molar-refractivity contribution in [3.05, 3.63) is 114 Å². The lowest BCUT2D eigenvalue weighted by Crippen LogP contribution is -2.02. The molecule has 0 spiro atoms. The van der Waals surface area contributed by atoms with Gasteiger partial charge in [-0.05, 0) is 34.9 Å². The number of rotatable bonds is 7. The van der Waals surface area contributed by atoms with Gasteiger partial charge in [0, 0.05) is 11.6 Å². The van der Waals surface area contributed by atoms with Crippen LogP contribution >= 0.6 is 0 Å². The first-order chi connectivity index (χ1) is 15.2. The second-order valence-corrected chi connectivity index (χ2v) is 6.86. The van der Waals surface area contributed by atoms with Gasteiger partial charge in [-0.2, -0.15) is 10.2 Å². The summed E-state index contributed by atoms with van der Waals surface area (Å²) in [7, 11) is 0. The Morgan fingerprint density at radius 3 is 2.03 bits per heavy atom. The van der Waals surface area contributed by atoms with Crippen LogP contribution in [0.3, 0.4) is 0 Å². The second kappa shape index (κ2) is 9.55. The van der Waals surface area contributed by atoms with E-state index in [1.807, 2.05) is 66.7 Å². The van der Waals surface area contributed by atoms with Crippen molar-refractivity contribution in [3.63, 3.8) is 0 Å². The van der Waals surface area contributed by atoms with E-state index < -0.39 is 5.82 Å². The van der Waals surface area contributed by atoms with Crippen LogP contribution in [-0.2, 0) is 13.2 Å². The van der Waals surface area contributed by atoms with Gasteiger partial charge < -0.3 is 9.47 Å². The Labute approximate surface area is 180 Å². The standard InChI is InChI=1S/C26H19FN2O2/c27-24-15-21(11-12-22(24)16-28)23-13-14-25(30-17-19-7-3-1-4-8-19)29-26(23)31-18-20-9-5-2-6-10-20/h1-15H,17-18H2. The number of hydrogen-bond acceptors (Lipinski definition) is 4. The number of ether oxygens (including phenoxy) is 2. The predicted octanol–water partition coefficient (Wildman–Crippen LogP) is 5.92. The van der Waals surface area contributed by atoms with Gasteiger partial charge >= 0.3 is 0 Å². The third kappa shape index (κ3) is 5.06. The van der Waals surface area contributed by atoms with Crippen LogP contribution in [0.4, 0.5) is 4.39 Å². The fourth-order valence-electron chi connectivity index (χ4n) is 3.06. The molecule has 0 aliphatic carbocycles. The van der Waals surface area contributed by atoms with E-state index in [1.54, 1.807) is 18.2 Å². The van der Waals surface area contributed by atoms with Crippen molar-refractivity contribution in [2.45, 2.75) is 13.2 Å². The molecule has 0 radical (unpaired) electrons. The van der Waals surface area contributed by atoms with Gasteiger partial charge in [0.1, 0.15) is 25.1 Å². The van der Waals surface area contributed by atoms with E-state index >= 15 is 0 Å². The SMILES string of the molecule is N#Cc1ccc(-c2ccc(OCc3ccccc3)nc2OCc2ccccc2)cc1F. The van der Waals surface area contributed by atoms with Crippen LogP contribution in [0.1, 0.15) is 16.7 Å². The lowest BCUT2D eigenvalue weighted by atomic mass is 10.0. The van der Waals surface area contributed by atoms with Crippen LogP contribution in [0.15, 0.2) is 91.0 Å². The number of pyridine rings is 1. The number of nitriles is 1. The van der Waals surface area contributed by atoms with Gasteiger partial charge in [-0.15, -0.1) is 0 Å². The Kier molecular flexibility index (Phi) is 6.20. The zero-order chi connectivity index (χ0) is 21.5. The molecule has 152 valence electrons. The molecule has 0 fully saturated rings. The van der Waals surface area contributed by atoms with E-state index in [1.165, 1.54) is 12.1 Å². The quantitative estimate of drug-likeness (QED) is 0.380. The molecule has 4 nitrogen and oxygen atoms in total. The van der Waals surface area contributed by atoms with Gasteiger partial charge in [-0.3, -0.25) is 0 Å². The largest absolute Gasteiger partial charge is 0.473 e. The van der Waals surface area contributed by atoms with Crippen LogP contribution in [0.25, 0.3) is 11.1 Å². The van der Waals surface area contributed by atoms with Crippen molar-refractivity contribution >= 4 is 0 Å². The van der Waals surface area contributed by atoms with E-state index in [9.17, 15) is 4.39 Å². The molecule has 0 amide bonds. The monoisotopic (exact) mass is 410 g/mol. The minimum absolute atomic E-state index is 0.00808. The fraction of sp³-hybridized carbons (Fsp3) is 0.0769. The van der Waals surface area contributed by atoms with Gasteiger partial charge in [-0.1, -0.05) is 66.7 Å². The Morgan fingerprint density at radius 2 is 1.42 bits per heavy atom. The van der Waals surface area contributed by atoms with E-state index in [0.717, 1.165) is 11.1 Å². The van der Waals surface area contributed by atoms with Gasteiger partial charge in [0.05, 0.1) is 5.56 Å². The molecule has 31 heavy (non-hydrogen) atoms. The van der Waals surface area contributed by atoms with Crippen molar-refractivity contribution in [3.8, 4) is 29.0 Å². The number of aromatic nitrogens is 1. The van der Waals surface area contributed by atoms with E-state index in [0.29, 0.717) is 36.1 Å². The molecule has 4 aromatic rings. The van der Waals surface area contributed by atoms with E-state index in [2.05, 4.69) is 4.98 Å². The summed E-state index contributed by atoms with van der Waals surface area (Å²) in [6, 6.07) is 29.3. The van der Waals surface area contributed by atoms with Gasteiger partial charge in [-0.25, -0.2) is 4.39 Å². The van der Waals surface area contributed by atoms with Gasteiger partial charge in [0.2, 0.25) is 11.8 Å². The van der Waals surface area contributed by atoms with Crippen LogP contribution in [-0.4, -0.2) is 4.98 Å². The molecular formula is C26H19FN2O2. The summed E-state index contributed by atoms with van der Waals surface area (Å²) in [5.74, 6) is 0.154. The molecule has 0 aliphatic heterocycles. The van der Waals surface area contributed by atoms with Crippen molar-refractivity contribution in [2.24, 2.45) is 0 Å². The molecule has 0 unspecified atom stereocenters. The van der Waals surface area contributed by atoms with Crippen LogP contribution < -0.4 is 9.47 Å². The number of nitrogens with zero attached hydrogens (tertiary/aromatic N) is 2. The average molecular weight is 410 g/mol. The highest BCUT2D eigenvalue weighted by atomic mass is 19.1. The predicted molar refractivity (Wildman–Crippen MR) is 116 cm³/mol. The van der Waals surface area contributed by atoms with E-state index in [-0.39, 0.29) is 5.56 Å². The van der Waals surface area contributed by atoms with Gasteiger partial charge in [0.25, 0.3) is 0 Å². The zero-order valence-corrected chi connectivity index (χ0v) is 16.7. The minimum atomic E-state index is -0.585. The first-order valence-electron chi connectivity index (χ1n) is 9.77. The highest BCUT2D eigenvalue weighted by molar-refractivity contribution is 5.69. The molecular weight excluding hydrogens is 391 g/mol. The molecule has 0 saturated heterocycles. The molecule has 4 rings (SSSR count). The first-order valence-corrected chi connectivity index (χ1v) is 9.77. The average Bonchev–Trinajstić information content (AvgIpc) is 2.83. The van der Waals surface area contributed by atoms with E-state index in [4.69, 9.17) is 14.7 Å². The highest BCUT2D eigenvalue weighted by Gasteiger charge is 2.13. The lowest BCUT2D eigenvalue weighted by Gasteiger charge is -2.13. The number of halogens is 1. The maximum absolute atomic E-state index is 14.2. The Hall–Kier alpha value is -4.17. The van der Waals surface area contributed by atoms with Crippen molar-refractivity contribution in [2.75, 3.05) is 0 Å². The molecule has 0 atom stereocenters. The minimum Gasteiger partial charge on any atom is -0.473 e. The van der Waals surface area contributed by atoms with Crippen LogP contribution in [0.2, 0.25) is 0 Å². The molecule has 0 bridgehead atoms. The first kappa shape index (κ1) is 20.1. The third-order valence-corrected chi connectivity index (χ3v) is 4.68. The third-order valence-electron chi connectivity index (χ3n) is 4.68. The Balaban J connectivity index is 1.62. The highest BCUT2D eigenvalue weighted by Crippen LogP contribution is 2.32. The molecule has 1 heterocycles. The molecule has 0 saturated carbocycles. The second-order valence-electron chi connectivity index (χ2n) is 6.86. The Morgan fingerprint density at radius 1 is 0.774 bits per heavy atom. The number of benzene rings is 3. The molecule has 0 aliphatic rings. The molecule has 5 heteroatoms. The normalized spacial score (nSPS) is 10.3. The zero-order valence-electron chi connectivity index (χ0n) is 16.7. The maximum atomic E-state index is 14.2. The summed E-state index contributed by atoms with van der Waals surface area (Å²) in [6.45, 7) is 0.679.